The van der Waals surface area contributed by atoms with Gasteiger partial charge in [-0.2, -0.15) is 0 Å². The van der Waals surface area contributed by atoms with E-state index in [0.29, 0.717) is 11.3 Å². The van der Waals surface area contributed by atoms with Gasteiger partial charge in [-0.3, -0.25) is 4.90 Å². The molecule has 2 amide bonds. The van der Waals surface area contributed by atoms with Crippen molar-refractivity contribution in [2.75, 3.05) is 13.7 Å². The van der Waals surface area contributed by atoms with Gasteiger partial charge in [-0.25, -0.2) is 14.0 Å². The number of carbonyl (C=O) groups is 2. The van der Waals surface area contributed by atoms with Crippen molar-refractivity contribution in [3.63, 3.8) is 0 Å². The van der Waals surface area contributed by atoms with Crippen LogP contribution in [0.3, 0.4) is 0 Å². The predicted molar refractivity (Wildman–Crippen MR) is 95.4 cm³/mol. The number of ether oxygens (including phenoxy) is 1. The van der Waals surface area contributed by atoms with Crippen molar-refractivity contribution in [2.24, 2.45) is 0 Å². The van der Waals surface area contributed by atoms with Crippen LogP contribution >= 0.6 is 0 Å². The van der Waals surface area contributed by atoms with Gasteiger partial charge in [0, 0.05) is 12.6 Å². The summed E-state index contributed by atoms with van der Waals surface area (Å²) in [4.78, 5) is 26.6. The van der Waals surface area contributed by atoms with Gasteiger partial charge in [-0.15, -0.1) is 0 Å². The summed E-state index contributed by atoms with van der Waals surface area (Å²) in [5.41, 5.74) is 1.49. The van der Waals surface area contributed by atoms with Crippen LogP contribution in [0.1, 0.15) is 24.1 Å². The second kappa shape index (κ2) is 7.39. The van der Waals surface area contributed by atoms with Crippen LogP contribution in [0.25, 0.3) is 5.70 Å². The Bertz CT molecular complexity index is 864. The lowest BCUT2D eigenvalue weighted by atomic mass is 9.91. The van der Waals surface area contributed by atoms with E-state index >= 15 is 0 Å². The summed E-state index contributed by atoms with van der Waals surface area (Å²) >= 11 is 0. The minimum absolute atomic E-state index is 0.173. The number of rotatable bonds is 4. The molecule has 1 atom stereocenters. The Kier molecular flexibility index (Phi) is 5.02. The van der Waals surface area contributed by atoms with Gasteiger partial charge in [0.2, 0.25) is 0 Å². The molecule has 1 aliphatic heterocycles. The molecule has 26 heavy (non-hydrogen) atoms. The van der Waals surface area contributed by atoms with Crippen LogP contribution in [0, 0.1) is 5.82 Å². The lowest BCUT2D eigenvalue weighted by Gasteiger charge is -2.34. The predicted octanol–water partition coefficient (Wildman–Crippen LogP) is 3.50. The van der Waals surface area contributed by atoms with E-state index in [9.17, 15) is 14.0 Å². The largest absolute Gasteiger partial charge is 0.463 e. The first-order valence-electron chi connectivity index (χ1n) is 8.30. The zero-order chi connectivity index (χ0) is 18.7. The molecule has 0 saturated carbocycles. The normalized spacial score (nSPS) is 17.1. The number of nitrogens with zero attached hydrogens (tertiary/aromatic N) is 1. The van der Waals surface area contributed by atoms with Gasteiger partial charge in [-0.1, -0.05) is 48.5 Å². The second-order valence-electron chi connectivity index (χ2n) is 5.81. The number of amides is 2. The third kappa shape index (κ3) is 3.18. The summed E-state index contributed by atoms with van der Waals surface area (Å²) in [7, 11) is 1.56. The standard InChI is InChI=1S/C20H19FN2O3/c1-3-26-19(24)16-17(14-11-7-8-12-15(14)21)22-20(25)23(2)18(16)13-9-5-4-6-10-13/h4-12,17H,3H2,1-2H3,(H,22,25)/t17-/m1/s1. The number of carbonyl (C=O) groups excluding carboxylic acids is 2. The first-order chi connectivity index (χ1) is 12.5. The van der Waals surface area contributed by atoms with E-state index in [4.69, 9.17) is 4.74 Å². The van der Waals surface area contributed by atoms with Crippen LogP contribution < -0.4 is 5.32 Å². The summed E-state index contributed by atoms with van der Waals surface area (Å²) in [5, 5.41) is 2.70. The zero-order valence-electron chi connectivity index (χ0n) is 14.5. The zero-order valence-corrected chi connectivity index (χ0v) is 14.5. The first kappa shape index (κ1) is 17.7. The first-order valence-corrected chi connectivity index (χ1v) is 8.30. The maximum Gasteiger partial charge on any atom is 0.338 e. The highest BCUT2D eigenvalue weighted by Gasteiger charge is 2.38. The molecule has 2 aromatic rings. The summed E-state index contributed by atoms with van der Waals surface area (Å²) in [6.45, 7) is 1.87. The molecule has 0 aromatic heterocycles. The Morgan fingerprint density at radius 2 is 1.81 bits per heavy atom. The van der Waals surface area contributed by atoms with E-state index in [-0.39, 0.29) is 17.7 Å². The van der Waals surface area contributed by atoms with E-state index in [1.54, 1.807) is 44.3 Å². The van der Waals surface area contributed by atoms with Crippen LogP contribution in [0.15, 0.2) is 60.2 Å². The molecule has 0 aliphatic carbocycles. The second-order valence-corrected chi connectivity index (χ2v) is 5.81. The van der Waals surface area contributed by atoms with Crippen LogP contribution in [-0.2, 0) is 9.53 Å². The molecule has 0 fully saturated rings. The Hall–Kier alpha value is -3.15. The average Bonchev–Trinajstić information content (AvgIpc) is 2.65. The monoisotopic (exact) mass is 354 g/mol. The number of nitrogens with one attached hydrogen (secondary N) is 1. The van der Waals surface area contributed by atoms with Gasteiger partial charge in [0.1, 0.15) is 5.82 Å². The fourth-order valence-corrected chi connectivity index (χ4v) is 3.02. The molecule has 134 valence electrons. The van der Waals surface area contributed by atoms with Crippen molar-refractivity contribution in [1.29, 1.82) is 0 Å². The number of hydrogen-bond acceptors (Lipinski definition) is 3. The van der Waals surface area contributed by atoms with Gasteiger partial charge in [0.15, 0.2) is 0 Å². The van der Waals surface area contributed by atoms with E-state index in [1.807, 2.05) is 18.2 Å². The molecule has 1 aliphatic rings. The Morgan fingerprint density at radius 3 is 2.46 bits per heavy atom. The maximum absolute atomic E-state index is 14.4. The lowest BCUT2D eigenvalue weighted by molar-refractivity contribution is -0.138. The van der Waals surface area contributed by atoms with Crippen molar-refractivity contribution in [3.05, 3.63) is 77.1 Å². The Morgan fingerprint density at radius 1 is 1.15 bits per heavy atom. The molecule has 0 saturated heterocycles. The van der Waals surface area contributed by atoms with Gasteiger partial charge in [0.05, 0.1) is 23.9 Å². The van der Waals surface area contributed by atoms with Crippen molar-refractivity contribution < 1.29 is 18.7 Å². The van der Waals surface area contributed by atoms with Crippen LogP contribution in [0.5, 0.6) is 0 Å². The van der Waals surface area contributed by atoms with Crippen LogP contribution in [0.2, 0.25) is 0 Å². The van der Waals surface area contributed by atoms with Gasteiger partial charge >= 0.3 is 12.0 Å². The fraction of sp³-hybridized carbons (Fsp3) is 0.200. The SMILES string of the molecule is CCOC(=O)C1=C(c2ccccc2)N(C)C(=O)N[C@@H]1c1ccccc1F. The summed E-state index contributed by atoms with van der Waals surface area (Å²) in [5.74, 6) is -1.09. The highest BCUT2D eigenvalue weighted by Crippen LogP contribution is 2.36. The summed E-state index contributed by atoms with van der Waals surface area (Å²) in [6, 6.07) is 13.7. The molecule has 1 heterocycles. The number of urea groups is 1. The van der Waals surface area contributed by atoms with Crippen molar-refractivity contribution in [2.45, 2.75) is 13.0 Å². The lowest BCUT2D eigenvalue weighted by Crippen LogP contribution is -2.46. The smallest absolute Gasteiger partial charge is 0.338 e. The van der Waals surface area contributed by atoms with E-state index in [2.05, 4.69) is 5.32 Å². The third-order valence-electron chi connectivity index (χ3n) is 4.21. The highest BCUT2D eigenvalue weighted by atomic mass is 19.1. The molecular weight excluding hydrogens is 335 g/mol. The molecule has 0 spiro atoms. The summed E-state index contributed by atoms with van der Waals surface area (Å²) < 4.78 is 19.6. The highest BCUT2D eigenvalue weighted by molar-refractivity contribution is 6.04. The average molecular weight is 354 g/mol. The maximum atomic E-state index is 14.4. The van der Waals surface area contributed by atoms with Crippen molar-refractivity contribution in [1.82, 2.24) is 10.2 Å². The van der Waals surface area contributed by atoms with Crippen LogP contribution in [0.4, 0.5) is 9.18 Å². The minimum Gasteiger partial charge on any atom is -0.463 e. The Labute approximate surface area is 151 Å². The van der Waals surface area contributed by atoms with E-state index < -0.39 is 23.9 Å². The third-order valence-corrected chi connectivity index (χ3v) is 4.21. The van der Waals surface area contributed by atoms with Crippen molar-refractivity contribution >= 4 is 17.7 Å². The molecule has 0 radical (unpaired) electrons. The van der Waals surface area contributed by atoms with E-state index in [0.717, 1.165) is 0 Å². The van der Waals surface area contributed by atoms with Crippen molar-refractivity contribution in [3.8, 4) is 0 Å². The van der Waals surface area contributed by atoms with Gasteiger partial charge in [-0.05, 0) is 18.6 Å². The van der Waals surface area contributed by atoms with E-state index in [1.165, 1.54) is 11.0 Å². The molecule has 2 aromatic carbocycles. The minimum atomic E-state index is -0.936. The molecule has 0 bridgehead atoms. The van der Waals surface area contributed by atoms with Gasteiger partial charge < -0.3 is 10.1 Å². The molecule has 6 heteroatoms. The molecule has 3 rings (SSSR count). The summed E-state index contributed by atoms with van der Waals surface area (Å²) in [6.07, 6.45) is 0. The molecular formula is C20H19FN2O3. The van der Waals surface area contributed by atoms with Crippen LogP contribution in [-0.4, -0.2) is 30.6 Å². The number of halogens is 1. The Balaban J connectivity index is 2.26. The topological polar surface area (TPSA) is 58.6 Å². The number of esters is 1. The van der Waals surface area contributed by atoms with Gasteiger partial charge in [0.25, 0.3) is 0 Å². The molecule has 0 unspecified atom stereocenters. The fourth-order valence-electron chi connectivity index (χ4n) is 3.02. The number of benzene rings is 2. The number of hydrogen-bond donors (Lipinski definition) is 1. The molecule has 5 nitrogen and oxygen atoms in total. The quantitative estimate of drug-likeness (QED) is 0.855. The molecule has 1 N–H and O–H groups in total.